The van der Waals surface area contributed by atoms with E-state index in [9.17, 15) is 0 Å². The zero-order valence-electron chi connectivity index (χ0n) is 10.8. The van der Waals surface area contributed by atoms with E-state index in [0.29, 0.717) is 11.7 Å². The molecule has 5 heteroatoms. The average Bonchev–Trinajstić information content (AvgIpc) is 2.90. The van der Waals surface area contributed by atoms with Gasteiger partial charge in [-0.25, -0.2) is 4.98 Å². The van der Waals surface area contributed by atoms with Crippen LogP contribution in [-0.2, 0) is 6.54 Å². The quantitative estimate of drug-likeness (QED) is 0.780. The minimum Gasteiger partial charge on any atom is -0.379 e. The van der Waals surface area contributed by atoms with Crippen molar-refractivity contribution in [2.45, 2.75) is 20.4 Å². The van der Waals surface area contributed by atoms with Crippen LogP contribution in [0.3, 0.4) is 0 Å². The van der Waals surface area contributed by atoms with Crippen LogP contribution in [0, 0.1) is 13.8 Å². The molecule has 0 saturated heterocycles. The second-order valence-corrected chi connectivity index (χ2v) is 5.81. The van der Waals surface area contributed by atoms with Gasteiger partial charge in [-0.05, 0) is 25.5 Å². The molecular formula is C14H14ClN3S. The lowest BCUT2D eigenvalue weighted by molar-refractivity contribution is 1.01. The Labute approximate surface area is 120 Å². The van der Waals surface area contributed by atoms with Crippen LogP contribution in [0.25, 0.3) is 4.96 Å². The zero-order chi connectivity index (χ0) is 13.4. The number of hydrogen-bond donors (Lipinski definition) is 1. The Morgan fingerprint density at radius 3 is 3.00 bits per heavy atom. The van der Waals surface area contributed by atoms with E-state index in [1.165, 1.54) is 11.1 Å². The van der Waals surface area contributed by atoms with Gasteiger partial charge in [-0.2, -0.15) is 0 Å². The molecule has 0 saturated carbocycles. The van der Waals surface area contributed by atoms with Crippen molar-refractivity contribution in [3.05, 3.63) is 51.7 Å². The minimum absolute atomic E-state index is 0.573. The number of nitrogens with zero attached hydrogens (tertiary/aromatic N) is 2. The smallest absolute Gasteiger partial charge is 0.195 e. The van der Waals surface area contributed by atoms with Crippen molar-refractivity contribution in [1.29, 1.82) is 0 Å². The predicted molar refractivity (Wildman–Crippen MR) is 81.3 cm³/mol. The Bertz CT molecular complexity index is 729. The lowest BCUT2D eigenvalue weighted by atomic mass is 10.1. The average molecular weight is 292 g/mol. The number of halogens is 1. The van der Waals surface area contributed by atoms with Crippen LogP contribution in [-0.4, -0.2) is 9.38 Å². The topological polar surface area (TPSA) is 29.3 Å². The van der Waals surface area contributed by atoms with E-state index in [2.05, 4.69) is 42.3 Å². The Morgan fingerprint density at radius 2 is 2.21 bits per heavy atom. The fourth-order valence-corrected chi connectivity index (χ4v) is 3.18. The summed E-state index contributed by atoms with van der Waals surface area (Å²) in [6, 6.07) is 6.37. The summed E-state index contributed by atoms with van der Waals surface area (Å²) in [6.07, 6.45) is 2.00. The number of thiazole rings is 1. The molecule has 0 aliphatic carbocycles. The third kappa shape index (κ3) is 2.33. The summed E-state index contributed by atoms with van der Waals surface area (Å²) in [5, 5.41) is 6.01. The van der Waals surface area contributed by atoms with E-state index in [0.717, 1.165) is 16.3 Å². The maximum Gasteiger partial charge on any atom is 0.195 e. The molecular weight excluding hydrogens is 278 g/mol. The van der Waals surface area contributed by atoms with Crippen LogP contribution < -0.4 is 5.32 Å². The third-order valence-electron chi connectivity index (χ3n) is 3.14. The lowest BCUT2D eigenvalue weighted by Crippen LogP contribution is -2.03. The molecule has 1 aromatic carbocycles. The van der Waals surface area contributed by atoms with E-state index < -0.39 is 0 Å². The van der Waals surface area contributed by atoms with Crippen LogP contribution in [0.5, 0.6) is 0 Å². The standard InChI is InChI=1S/C14H14ClN3S/c1-9-3-4-11(10(2)7-9)16-8-12-13(15)17-14-18(12)5-6-19-14/h3-7,16H,8H2,1-2H3. The third-order valence-corrected chi connectivity index (χ3v) is 4.20. The predicted octanol–water partition coefficient (Wildman–Crippen LogP) is 4.28. The van der Waals surface area contributed by atoms with Crippen molar-refractivity contribution < 1.29 is 0 Å². The summed E-state index contributed by atoms with van der Waals surface area (Å²) < 4.78 is 2.03. The first-order chi connectivity index (χ1) is 9.15. The second kappa shape index (κ2) is 4.87. The van der Waals surface area contributed by atoms with Gasteiger partial charge in [0.15, 0.2) is 10.1 Å². The number of benzene rings is 1. The van der Waals surface area contributed by atoms with Gasteiger partial charge in [0.1, 0.15) is 0 Å². The second-order valence-electron chi connectivity index (χ2n) is 4.58. The number of nitrogens with one attached hydrogen (secondary N) is 1. The summed E-state index contributed by atoms with van der Waals surface area (Å²) in [5.41, 5.74) is 4.64. The summed E-state index contributed by atoms with van der Waals surface area (Å²) >= 11 is 7.76. The van der Waals surface area contributed by atoms with Crippen LogP contribution in [0.2, 0.25) is 5.15 Å². The van der Waals surface area contributed by atoms with Gasteiger partial charge in [0, 0.05) is 17.3 Å². The van der Waals surface area contributed by atoms with Crippen LogP contribution in [0.15, 0.2) is 29.8 Å². The normalized spacial score (nSPS) is 11.1. The fraction of sp³-hybridized carbons (Fsp3) is 0.214. The molecule has 2 aromatic heterocycles. The van der Waals surface area contributed by atoms with E-state index in [4.69, 9.17) is 11.6 Å². The number of rotatable bonds is 3. The Balaban J connectivity index is 1.85. The van der Waals surface area contributed by atoms with Gasteiger partial charge in [-0.3, -0.25) is 4.40 Å². The maximum absolute atomic E-state index is 6.17. The van der Waals surface area contributed by atoms with E-state index >= 15 is 0 Å². The monoisotopic (exact) mass is 291 g/mol. The van der Waals surface area contributed by atoms with Crippen molar-refractivity contribution in [1.82, 2.24) is 9.38 Å². The number of fused-ring (bicyclic) bond motifs is 1. The minimum atomic E-state index is 0.573. The van der Waals surface area contributed by atoms with Crippen molar-refractivity contribution >= 4 is 33.6 Å². The molecule has 0 bridgehead atoms. The number of anilines is 1. The van der Waals surface area contributed by atoms with Crippen molar-refractivity contribution in [2.24, 2.45) is 0 Å². The molecule has 0 radical (unpaired) electrons. The van der Waals surface area contributed by atoms with Gasteiger partial charge in [0.25, 0.3) is 0 Å². The molecule has 0 fully saturated rings. The number of aromatic nitrogens is 2. The molecule has 0 unspecified atom stereocenters. The van der Waals surface area contributed by atoms with Gasteiger partial charge in [0.05, 0.1) is 12.2 Å². The van der Waals surface area contributed by atoms with E-state index in [-0.39, 0.29) is 0 Å². The van der Waals surface area contributed by atoms with Crippen LogP contribution >= 0.6 is 22.9 Å². The maximum atomic E-state index is 6.17. The molecule has 0 atom stereocenters. The molecule has 0 aliphatic heterocycles. The highest BCUT2D eigenvalue weighted by atomic mass is 35.5. The molecule has 3 nitrogen and oxygen atoms in total. The molecule has 19 heavy (non-hydrogen) atoms. The summed E-state index contributed by atoms with van der Waals surface area (Å²) in [7, 11) is 0. The van der Waals surface area contributed by atoms with Crippen LogP contribution in [0.1, 0.15) is 16.8 Å². The van der Waals surface area contributed by atoms with Gasteiger partial charge in [-0.15, -0.1) is 11.3 Å². The van der Waals surface area contributed by atoms with Crippen molar-refractivity contribution in [2.75, 3.05) is 5.32 Å². The largest absolute Gasteiger partial charge is 0.379 e. The first-order valence-corrected chi connectivity index (χ1v) is 7.32. The number of hydrogen-bond acceptors (Lipinski definition) is 3. The molecule has 98 valence electrons. The fourth-order valence-electron chi connectivity index (χ4n) is 2.16. The highest BCUT2D eigenvalue weighted by Gasteiger charge is 2.11. The molecule has 3 aromatic rings. The van der Waals surface area contributed by atoms with Gasteiger partial charge >= 0.3 is 0 Å². The lowest BCUT2D eigenvalue weighted by Gasteiger charge is -2.10. The van der Waals surface area contributed by atoms with Gasteiger partial charge in [0.2, 0.25) is 0 Å². The summed E-state index contributed by atoms with van der Waals surface area (Å²) in [4.78, 5) is 5.26. The first-order valence-electron chi connectivity index (χ1n) is 6.06. The SMILES string of the molecule is Cc1ccc(NCc2c(Cl)nc3sccn23)c(C)c1. The number of aryl methyl sites for hydroxylation is 2. The highest BCUT2D eigenvalue weighted by Crippen LogP contribution is 2.23. The van der Waals surface area contributed by atoms with Crippen molar-refractivity contribution in [3.8, 4) is 0 Å². The molecule has 0 amide bonds. The van der Waals surface area contributed by atoms with Gasteiger partial charge in [-0.1, -0.05) is 29.3 Å². The van der Waals surface area contributed by atoms with E-state index in [1.807, 2.05) is 16.0 Å². The summed E-state index contributed by atoms with van der Waals surface area (Å²) in [5.74, 6) is 0. The Hall–Kier alpha value is -1.52. The zero-order valence-corrected chi connectivity index (χ0v) is 12.3. The van der Waals surface area contributed by atoms with E-state index in [1.54, 1.807) is 11.3 Å². The highest BCUT2D eigenvalue weighted by molar-refractivity contribution is 7.15. The first kappa shape index (κ1) is 12.5. The van der Waals surface area contributed by atoms with Gasteiger partial charge < -0.3 is 5.32 Å². The molecule has 3 rings (SSSR count). The Kier molecular flexibility index (Phi) is 3.21. The molecule has 0 spiro atoms. The molecule has 1 N–H and O–H groups in total. The number of imidazole rings is 1. The molecule has 0 aliphatic rings. The summed E-state index contributed by atoms with van der Waals surface area (Å²) in [6.45, 7) is 4.87. The molecule has 2 heterocycles. The van der Waals surface area contributed by atoms with Crippen LogP contribution in [0.4, 0.5) is 5.69 Å². The van der Waals surface area contributed by atoms with Crippen molar-refractivity contribution in [3.63, 3.8) is 0 Å². The Morgan fingerprint density at radius 1 is 1.37 bits per heavy atom.